The first-order chi connectivity index (χ1) is 15.8. The number of hydrogen-bond donors (Lipinski definition) is 2. The lowest BCUT2D eigenvalue weighted by molar-refractivity contribution is 0.0269. The lowest BCUT2D eigenvalue weighted by Crippen LogP contribution is -2.66. The first kappa shape index (κ1) is 21.7. The van der Waals surface area contributed by atoms with Crippen LogP contribution < -0.4 is 5.73 Å². The van der Waals surface area contributed by atoms with Gasteiger partial charge in [-0.25, -0.2) is 8.78 Å². The fraction of sp³-hybridized carbons (Fsp3) is 0.375. The number of H-pyrrole nitrogens is 1. The highest BCUT2D eigenvalue weighted by molar-refractivity contribution is 5.94. The van der Waals surface area contributed by atoms with E-state index in [-0.39, 0.29) is 23.3 Å². The van der Waals surface area contributed by atoms with Gasteiger partial charge in [-0.3, -0.25) is 19.7 Å². The summed E-state index contributed by atoms with van der Waals surface area (Å²) in [6, 6.07) is 5.24. The van der Waals surface area contributed by atoms with Gasteiger partial charge in [0.05, 0.1) is 29.2 Å². The fourth-order valence-corrected chi connectivity index (χ4v) is 4.73. The Bertz CT molecular complexity index is 1290. The topological polar surface area (TPSA) is 88.6 Å². The van der Waals surface area contributed by atoms with Crippen LogP contribution in [-0.4, -0.2) is 54.5 Å². The second kappa shape index (κ2) is 8.31. The number of aryl methyl sites for hydroxylation is 2. The van der Waals surface area contributed by atoms with Crippen molar-refractivity contribution in [3.05, 3.63) is 54.0 Å². The van der Waals surface area contributed by atoms with Gasteiger partial charge in [0.2, 0.25) is 0 Å². The molecule has 0 aliphatic carbocycles. The summed E-state index contributed by atoms with van der Waals surface area (Å²) in [6.45, 7) is 5.14. The zero-order chi connectivity index (χ0) is 23.3. The van der Waals surface area contributed by atoms with Gasteiger partial charge in [0.1, 0.15) is 17.3 Å². The van der Waals surface area contributed by atoms with Crippen molar-refractivity contribution < 1.29 is 8.78 Å². The second-order valence-corrected chi connectivity index (χ2v) is 9.08. The van der Waals surface area contributed by atoms with Gasteiger partial charge in [-0.15, -0.1) is 0 Å². The first-order valence-electron chi connectivity index (χ1n) is 11.1. The molecule has 0 bridgehead atoms. The Balaban J connectivity index is 1.42. The molecule has 3 aromatic heterocycles. The molecule has 9 heteroatoms. The van der Waals surface area contributed by atoms with Gasteiger partial charge in [-0.05, 0) is 50.5 Å². The number of halogens is 2. The van der Waals surface area contributed by atoms with Gasteiger partial charge in [0, 0.05) is 48.9 Å². The van der Waals surface area contributed by atoms with Crippen LogP contribution in [0.4, 0.5) is 8.78 Å². The predicted molar refractivity (Wildman–Crippen MR) is 123 cm³/mol. The minimum Gasteiger partial charge on any atom is -0.325 e. The summed E-state index contributed by atoms with van der Waals surface area (Å²) in [5.41, 5.74) is 9.01. The summed E-state index contributed by atoms with van der Waals surface area (Å²) in [5, 5.41) is 12.1. The van der Waals surface area contributed by atoms with E-state index in [1.54, 1.807) is 23.1 Å². The number of nitrogens with one attached hydrogen (secondary N) is 1. The normalized spacial score (nSPS) is 18.9. The molecule has 0 amide bonds. The molecule has 0 radical (unpaired) electrons. The smallest absolute Gasteiger partial charge is 0.135 e. The summed E-state index contributed by atoms with van der Waals surface area (Å²) in [4.78, 5) is 6.61. The van der Waals surface area contributed by atoms with Crippen molar-refractivity contribution in [3.8, 4) is 22.5 Å². The molecule has 1 fully saturated rings. The summed E-state index contributed by atoms with van der Waals surface area (Å²) in [5.74, 6) is -1.25. The number of aromatic amines is 1. The van der Waals surface area contributed by atoms with Crippen LogP contribution in [0.5, 0.6) is 0 Å². The van der Waals surface area contributed by atoms with Crippen molar-refractivity contribution >= 4 is 10.9 Å². The standard InChI is InChI=1S/C24H27F2N7/c1-13(2)33-12-19(27)22(33)5-4-14-6-17(25)23(18(26)7-14)20-8-16-21(10-28-20)30-31-24(16)15-9-29-32(3)11-15/h6-11,13,19,22H,4-5,12,27H2,1-3H3,(H,30,31). The second-order valence-electron chi connectivity index (χ2n) is 9.08. The highest BCUT2D eigenvalue weighted by Crippen LogP contribution is 2.32. The minimum atomic E-state index is -0.623. The first-order valence-corrected chi connectivity index (χ1v) is 11.1. The quantitative estimate of drug-likeness (QED) is 0.467. The number of aromatic nitrogens is 5. The van der Waals surface area contributed by atoms with Crippen LogP contribution in [0.3, 0.4) is 0 Å². The Morgan fingerprint density at radius 2 is 1.94 bits per heavy atom. The lowest BCUT2D eigenvalue weighted by Gasteiger charge is -2.49. The average Bonchev–Trinajstić information content (AvgIpc) is 3.37. The van der Waals surface area contributed by atoms with Crippen molar-refractivity contribution in [1.82, 2.24) is 29.9 Å². The van der Waals surface area contributed by atoms with E-state index < -0.39 is 11.6 Å². The molecule has 33 heavy (non-hydrogen) atoms. The lowest BCUT2D eigenvalue weighted by atomic mass is 9.89. The number of rotatable bonds is 6. The van der Waals surface area contributed by atoms with Gasteiger partial charge >= 0.3 is 0 Å². The molecule has 0 saturated carbocycles. The van der Waals surface area contributed by atoms with E-state index in [2.05, 4.69) is 39.0 Å². The Labute approximate surface area is 190 Å². The monoisotopic (exact) mass is 451 g/mol. The SMILES string of the molecule is CC(C)N1CC(N)C1CCc1cc(F)c(-c2cc3c(-c4cnn(C)c4)n[nH]c3cn2)c(F)c1. The number of likely N-dealkylation sites (tertiary alicyclic amines) is 1. The van der Waals surface area contributed by atoms with E-state index in [1.165, 1.54) is 12.1 Å². The zero-order valence-corrected chi connectivity index (χ0v) is 18.9. The van der Waals surface area contributed by atoms with Gasteiger partial charge < -0.3 is 5.73 Å². The van der Waals surface area contributed by atoms with Crippen LogP contribution in [-0.2, 0) is 13.5 Å². The van der Waals surface area contributed by atoms with E-state index >= 15 is 8.78 Å². The Morgan fingerprint density at radius 1 is 1.18 bits per heavy atom. The van der Waals surface area contributed by atoms with Gasteiger partial charge in [-0.1, -0.05) is 0 Å². The van der Waals surface area contributed by atoms with Crippen molar-refractivity contribution in [2.24, 2.45) is 12.8 Å². The van der Waals surface area contributed by atoms with Gasteiger partial charge in [0.25, 0.3) is 0 Å². The zero-order valence-electron chi connectivity index (χ0n) is 18.9. The van der Waals surface area contributed by atoms with E-state index in [1.807, 2.05) is 13.2 Å². The van der Waals surface area contributed by atoms with Crippen LogP contribution in [0.1, 0.15) is 25.8 Å². The van der Waals surface area contributed by atoms with Gasteiger partial charge in [-0.2, -0.15) is 10.2 Å². The molecule has 5 rings (SSSR count). The predicted octanol–water partition coefficient (Wildman–Crippen LogP) is 3.66. The molecule has 172 valence electrons. The molecule has 2 atom stereocenters. The van der Waals surface area contributed by atoms with Crippen LogP contribution in [0, 0.1) is 11.6 Å². The summed E-state index contributed by atoms with van der Waals surface area (Å²) in [6.07, 6.45) is 6.41. The average molecular weight is 452 g/mol. The molecule has 7 nitrogen and oxygen atoms in total. The van der Waals surface area contributed by atoms with Crippen molar-refractivity contribution in [3.63, 3.8) is 0 Å². The maximum atomic E-state index is 15.1. The third-order valence-corrected chi connectivity index (χ3v) is 6.52. The summed E-state index contributed by atoms with van der Waals surface area (Å²) in [7, 11) is 1.82. The molecule has 4 aromatic rings. The van der Waals surface area contributed by atoms with E-state index in [9.17, 15) is 0 Å². The highest BCUT2D eigenvalue weighted by Gasteiger charge is 2.37. The largest absolute Gasteiger partial charge is 0.325 e. The number of hydrogen-bond acceptors (Lipinski definition) is 5. The molecule has 2 unspecified atom stereocenters. The Kier molecular flexibility index (Phi) is 5.46. The molecule has 1 aliphatic rings. The Hall–Kier alpha value is -3.17. The molecular formula is C24H27F2N7. The summed E-state index contributed by atoms with van der Waals surface area (Å²) < 4.78 is 31.9. The van der Waals surface area contributed by atoms with Crippen molar-refractivity contribution in [2.45, 2.75) is 44.8 Å². The number of benzene rings is 1. The minimum absolute atomic E-state index is 0.112. The maximum absolute atomic E-state index is 15.1. The Morgan fingerprint density at radius 3 is 2.58 bits per heavy atom. The molecule has 1 saturated heterocycles. The maximum Gasteiger partial charge on any atom is 0.135 e. The highest BCUT2D eigenvalue weighted by atomic mass is 19.1. The van der Waals surface area contributed by atoms with E-state index in [0.29, 0.717) is 29.2 Å². The molecular weight excluding hydrogens is 424 g/mol. The van der Waals surface area contributed by atoms with Gasteiger partial charge in [0.15, 0.2) is 0 Å². The number of pyridine rings is 1. The number of nitrogens with zero attached hydrogens (tertiary/aromatic N) is 5. The number of nitrogens with two attached hydrogens (primary N) is 1. The molecule has 4 heterocycles. The van der Waals surface area contributed by atoms with E-state index in [4.69, 9.17) is 5.73 Å². The van der Waals surface area contributed by atoms with Crippen LogP contribution >= 0.6 is 0 Å². The van der Waals surface area contributed by atoms with Crippen LogP contribution in [0.15, 0.2) is 36.8 Å². The van der Waals surface area contributed by atoms with E-state index in [0.717, 1.165) is 23.9 Å². The molecule has 1 aliphatic heterocycles. The van der Waals surface area contributed by atoms with Crippen LogP contribution in [0.25, 0.3) is 33.4 Å². The third kappa shape index (κ3) is 3.91. The number of fused-ring (bicyclic) bond motifs is 1. The molecule has 3 N–H and O–H groups in total. The molecule has 1 aromatic carbocycles. The fourth-order valence-electron chi connectivity index (χ4n) is 4.73. The van der Waals surface area contributed by atoms with Crippen molar-refractivity contribution in [2.75, 3.05) is 6.54 Å². The van der Waals surface area contributed by atoms with Crippen LogP contribution in [0.2, 0.25) is 0 Å². The van der Waals surface area contributed by atoms with Crippen molar-refractivity contribution in [1.29, 1.82) is 0 Å². The molecule has 0 spiro atoms. The summed E-state index contributed by atoms with van der Waals surface area (Å²) >= 11 is 0. The third-order valence-electron chi connectivity index (χ3n) is 6.52.